The van der Waals surface area contributed by atoms with Crippen molar-refractivity contribution in [1.82, 2.24) is 4.98 Å². The molecule has 0 unspecified atom stereocenters. The number of rotatable bonds is 2. The van der Waals surface area contributed by atoms with E-state index in [0.29, 0.717) is 10.8 Å². The predicted octanol–water partition coefficient (Wildman–Crippen LogP) is 5.04. The molecule has 0 spiro atoms. The number of nitrogens with zero attached hydrogens (tertiary/aromatic N) is 3. The standard InChI is InChI=1S/C24H27ClN4O/c1-15-22(17-5-4-6-19(25)21(17)27-23(15)26)29-14-24(2,3)18-8-7-16(13-20(18)29)28-9-11-30-12-10-28/h4-8,13H,9-12,14H2,1-3H3,(H2,26,27). The van der Waals surface area contributed by atoms with Gasteiger partial charge in [0, 0.05) is 47.4 Å². The Bertz CT molecular complexity index is 1140. The minimum atomic E-state index is 0.0221. The van der Waals surface area contributed by atoms with Crippen LogP contribution in [0, 0.1) is 6.92 Å². The Labute approximate surface area is 182 Å². The second kappa shape index (κ2) is 7.03. The number of halogens is 1. The van der Waals surface area contributed by atoms with Crippen LogP contribution < -0.4 is 15.5 Å². The van der Waals surface area contributed by atoms with Gasteiger partial charge in [0.25, 0.3) is 0 Å². The zero-order valence-electron chi connectivity index (χ0n) is 17.7. The van der Waals surface area contributed by atoms with Crippen LogP contribution >= 0.6 is 11.6 Å². The molecule has 0 aliphatic carbocycles. The fraction of sp³-hybridized carbons (Fsp3) is 0.375. The van der Waals surface area contributed by atoms with E-state index < -0.39 is 0 Å². The Morgan fingerprint density at radius 2 is 1.90 bits per heavy atom. The van der Waals surface area contributed by atoms with Gasteiger partial charge in [-0.05, 0) is 30.7 Å². The highest BCUT2D eigenvalue weighted by Gasteiger charge is 2.37. The van der Waals surface area contributed by atoms with Crippen LogP contribution in [0.1, 0.15) is 25.0 Å². The van der Waals surface area contributed by atoms with Gasteiger partial charge in [-0.15, -0.1) is 0 Å². The summed E-state index contributed by atoms with van der Waals surface area (Å²) in [5.41, 5.74) is 13.0. The lowest BCUT2D eigenvalue weighted by atomic mass is 9.87. The largest absolute Gasteiger partial charge is 0.383 e. The van der Waals surface area contributed by atoms with E-state index in [1.807, 2.05) is 12.1 Å². The van der Waals surface area contributed by atoms with E-state index >= 15 is 0 Å². The number of nitrogens with two attached hydrogens (primary N) is 1. The van der Waals surface area contributed by atoms with Crippen LogP contribution in [-0.2, 0) is 10.2 Å². The lowest BCUT2D eigenvalue weighted by molar-refractivity contribution is 0.122. The molecule has 0 radical (unpaired) electrons. The number of hydrogen-bond acceptors (Lipinski definition) is 5. The maximum absolute atomic E-state index is 6.49. The van der Waals surface area contributed by atoms with E-state index in [1.165, 1.54) is 16.9 Å². The van der Waals surface area contributed by atoms with Gasteiger partial charge in [0.2, 0.25) is 0 Å². The third-order valence-corrected chi connectivity index (χ3v) is 6.72. The molecule has 1 saturated heterocycles. The van der Waals surface area contributed by atoms with Gasteiger partial charge in [0.1, 0.15) is 5.82 Å². The summed E-state index contributed by atoms with van der Waals surface area (Å²) in [6.45, 7) is 10.9. The zero-order valence-corrected chi connectivity index (χ0v) is 18.5. The van der Waals surface area contributed by atoms with Gasteiger partial charge >= 0.3 is 0 Å². The third kappa shape index (κ3) is 2.99. The number of benzene rings is 2. The second-order valence-corrected chi connectivity index (χ2v) is 9.28. The molecule has 2 aliphatic rings. The summed E-state index contributed by atoms with van der Waals surface area (Å²) in [7, 11) is 0. The molecular formula is C24H27ClN4O. The molecule has 0 amide bonds. The summed E-state index contributed by atoms with van der Waals surface area (Å²) in [5.74, 6) is 0.529. The first-order valence-electron chi connectivity index (χ1n) is 10.5. The lowest BCUT2D eigenvalue weighted by Gasteiger charge is -2.30. The molecule has 3 aromatic rings. The number of hydrogen-bond donors (Lipinski definition) is 1. The fourth-order valence-electron chi connectivity index (χ4n) is 4.79. The molecule has 0 bridgehead atoms. The number of fused-ring (bicyclic) bond motifs is 2. The topological polar surface area (TPSA) is 54.6 Å². The molecule has 156 valence electrons. The van der Waals surface area contributed by atoms with E-state index in [-0.39, 0.29) is 5.41 Å². The highest BCUT2D eigenvalue weighted by Crippen LogP contribution is 2.49. The third-order valence-electron chi connectivity index (χ3n) is 6.41. The van der Waals surface area contributed by atoms with Gasteiger partial charge in [-0.25, -0.2) is 4.98 Å². The first kappa shape index (κ1) is 19.5. The smallest absolute Gasteiger partial charge is 0.129 e. The molecule has 6 heteroatoms. The number of aromatic nitrogens is 1. The van der Waals surface area contributed by atoms with Crippen molar-refractivity contribution in [2.45, 2.75) is 26.2 Å². The van der Waals surface area contributed by atoms with Crippen LogP contribution in [0.2, 0.25) is 5.02 Å². The molecule has 30 heavy (non-hydrogen) atoms. The maximum Gasteiger partial charge on any atom is 0.129 e. The molecule has 0 atom stereocenters. The minimum absolute atomic E-state index is 0.0221. The van der Waals surface area contributed by atoms with Crippen molar-refractivity contribution in [3.05, 3.63) is 52.5 Å². The van der Waals surface area contributed by atoms with Gasteiger partial charge in [-0.2, -0.15) is 0 Å². The van der Waals surface area contributed by atoms with Crippen LogP contribution in [0.25, 0.3) is 10.9 Å². The molecule has 0 saturated carbocycles. The molecule has 1 aromatic heterocycles. The van der Waals surface area contributed by atoms with Crippen molar-refractivity contribution in [2.24, 2.45) is 0 Å². The monoisotopic (exact) mass is 422 g/mol. The van der Waals surface area contributed by atoms with Gasteiger partial charge in [0.05, 0.1) is 29.4 Å². The first-order valence-corrected chi connectivity index (χ1v) is 10.8. The van der Waals surface area contributed by atoms with Crippen LogP contribution in [0.5, 0.6) is 0 Å². The van der Waals surface area contributed by atoms with Gasteiger partial charge in [0.15, 0.2) is 0 Å². The number of morpholine rings is 1. The molecule has 5 nitrogen and oxygen atoms in total. The van der Waals surface area contributed by atoms with Gasteiger partial charge < -0.3 is 20.3 Å². The van der Waals surface area contributed by atoms with E-state index in [4.69, 9.17) is 22.1 Å². The quantitative estimate of drug-likeness (QED) is 0.626. The summed E-state index contributed by atoms with van der Waals surface area (Å²) in [5, 5.41) is 1.66. The average Bonchev–Trinajstić information content (AvgIpc) is 3.00. The van der Waals surface area contributed by atoms with Crippen molar-refractivity contribution in [2.75, 3.05) is 48.4 Å². The highest BCUT2D eigenvalue weighted by molar-refractivity contribution is 6.35. The molecule has 2 aliphatic heterocycles. The maximum atomic E-state index is 6.49. The van der Waals surface area contributed by atoms with Crippen LogP contribution in [0.15, 0.2) is 36.4 Å². The number of nitrogen functional groups attached to an aromatic ring is 1. The molecule has 5 rings (SSSR count). The summed E-state index contributed by atoms with van der Waals surface area (Å²) in [6.07, 6.45) is 0. The fourth-order valence-corrected chi connectivity index (χ4v) is 5.01. The van der Waals surface area contributed by atoms with Crippen molar-refractivity contribution in [3.8, 4) is 0 Å². The highest BCUT2D eigenvalue weighted by atomic mass is 35.5. The summed E-state index contributed by atoms with van der Waals surface area (Å²) < 4.78 is 5.54. The van der Waals surface area contributed by atoms with E-state index in [1.54, 1.807) is 0 Å². The van der Waals surface area contributed by atoms with Crippen LogP contribution in [0.3, 0.4) is 0 Å². The Morgan fingerprint density at radius 1 is 1.13 bits per heavy atom. The van der Waals surface area contributed by atoms with E-state index in [0.717, 1.165) is 55.0 Å². The summed E-state index contributed by atoms with van der Waals surface area (Å²) in [6, 6.07) is 12.8. The molecule has 3 heterocycles. The molecule has 1 fully saturated rings. The van der Waals surface area contributed by atoms with Crippen molar-refractivity contribution >= 4 is 45.4 Å². The Hall–Kier alpha value is -2.50. The predicted molar refractivity (Wildman–Crippen MR) is 125 cm³/mol. The number of para-hydroxylation sites is 1. The van der Waals surface area contributed by atoms with Crippen molar-refractivity contribution in [3.63, 3.8) is 0 Å². The van der Waals surface area contributed by atoms with Gasteiger partial charge in [-0.3, -0.25) is 0 Å². The zero-order chi connectivity index (χ0) is 21.0. The summed E-state index contributed by atoms with van der Waals surface area (Å²) in [4.78, 5) is 9.39. The Kier molecular flexibility index (Phi) is 4.56. The van der Waals surface area contributed by atoms with Crippen LogP contribution in [0.4, 0.5) is 22.9 Å². The number of anilines is 4. The van der Waals surface area contributed by atoms with E-state index in [2.05, 4.69) is 59.8 Å². The van der Waals surface area contributed by atoms with Crippen molar-refractivity contribution < 1.29 is 4.74 Å². The SMILES string of the molecule is Cc1c(N)nc2c(Cl)cccc2c1N1CC(C)(C)c2ccc(N3CCOCC3)cc21. The number of ether oxygens (including phenoxy) is 1. The van der Waals surface area contributed by atoms with Gasteiger partial charge in [-0.1, -0.05) is 43.6 Å². The van der Waals surface area contributed by atoms with Crippen LogP contribution in [-0.4, -0.2) is 37.8 Å². The Balaban J connectivity index is 1.71. The Morgan fingerprint density at radius 3 is 2.67 bits per heavy atom. The number of pyridine rings is 1. The molecular weight excluding hydrogens is 396 g/mol. The first-order chi connectivity index (χ1) is 14.4. The second-order valence-electron chi connectivity index (χ2n) is 8.88. The van der Waals surface area contributed by atoms with Crippen molar-refractivity contribution in [1.29, 1.82) is 0 Å². The molecule has 2 N–H and O–H groups in total. The normalized spacial score (nSPS) is 18.1. The summed E-state index contributed by atoms with van der Waals surface area (Å²) >= 11 is 6.49. The minimum Gasteiger partial charge on any atom is -0.383 e. The van der Waals surface area contributed by atoms with E-state index in [9.17, 15) is 0 Å². The average molecular weight is 423 g/mol. The molecule has 2 aromatic carbocycles. The lowest BCUT2D eigenvalue weighted by Crippen LogP contribution is -2.36.